The molecule has 0 aliphatic carbocycles. The first-order valence-electron chi connectivity index (χ1n) is 7.78. The Kier molecular flexibility index (Phi) is 4.77. The molecule has 3 rings (SSSR count). The minimum Gasteiger partial charge on any atom is -0.392 e. The van der Waals surface area contributed by atoms with Gasteiger partial charge in [0, 0.05) is 31.4 Å². The maximum absolute atomic E-state index is 11.1. The molecule has 1 aliphatic heterocycles. The second-order valence-electron chi connectivity index (χ2n) is 5.66. The molecule has 0 saturated heterocycles. The SMILES string of the molecule is O=[N+]([O-])c1ccc(CO)cc1NCc1ccc(N2CC=CC2)cc1. The first-order valence-corrected chi connectivity index (χ1v) is 7.78. The van der Waals surface area contributed by atoms with Gasteiger partial charge in [-0.05, 0) is 35.4 Å². The van der Waals surface area contributed by atoms with E-state index < -0.39 is 4.92 Å². The Labute approximate surface area is 140 Å². The highest BCUT2D eigenvalue weighted by Gasteiger charge is 2.14. The van der Waals surface area contributed by atoms with Gasteiger partial charge < -0.3 is 15.3 Å². The average molecular weight is 325 g/mol. The van der Waals surface area contributed by atoms with Gasteiger partial charge in [-0.1, -0.05) is 24.3 Å². The lowest BCUT2D eigenvalue weighted by Crippen LogP contribution is -2.18. The molecule has 1 heterocycles. The van der Waals surface area contributed by atoms with Crippen molar-refractivity contribution in [2.45, 2.75) is 13.2 Å². The molecule has 124 valence electrons. The molecule has 0 spiro atoms. The molecule has 0 unspecified atom stereocenters. The zero-order valence-electron chi connectivity index (χ0n) is 13.2. The van der Waals surface area contributed by atoms with Crippen molar-refractivity contribution in [2.24, 2.45) is 0 Å². The Balaban J connectivity index is 1.70. The number of nitrogens with zero attached hydrogens (tertiary/aromatic N) is 2. The molecular formula is C18H19N3O3. The molecule has 0 aromatic heterocycles. The van der Waals surface area contributed by atoms with Crippen molar-refractivity contribution in [3.63, 3.8) is 0 Å². The van der Waals surface area contributed by atoms with Crippen LogP contribution in [0.1, 0.15) is 11.1 Å². The highest BCUT2D eigenvalue weighted by molar-refractivity contribution is 5.63. The molecule has 2 aromatic rings. The van der Waals surface area contributed by atoms with Crippen molar-refractivity contribution in [3.05, 3.63) is 75.9 Å². The predicted molar refractivity (Wildman–Crippen MR) is 94.1 cm³/mol. The van der Waals surface area contributed by atoms with Gasteiger partial charge >= 0.3 is 0 Å². The summed E-state index contributed by atoms with van der Waals surface area (Å²) in [6, 6.07) is 12.7. The third-order valence-electron chi connectivity index (χ3n) is 4.04. The summed E-state index contributed by atoms with van der Waals surface area (Å²) < 4.78 is 0. The lowest BCUT2D eigenvalue weighted by molar-refractivity contribution is -0.384. The number of benzene rings is 2. The number of aliphatic hydroxyl groups excluding tert-OH is 1. The molecule has 2 N–H and O–H groups in total. The number of nitrogens with one attached hydrogen (secondary N) is 1. The molecule has 0 amide bonds. The summed E-state index contributed by atoms with van der Waals surface area (Å²) >= 11 is 0. The van der Waals surface area contributed by atoms with Gasteiger partial charge in [-0.15, -0.1) is 0 Å². The van der Waals surface area contributed by atoms with E-state index in [0.717, 1.165) is 24.3 Å². The van der Waals surface area contributed by atoms with Crippen molar-refractivity contribution in [1.29, 1.82) is 0 Å². The van der Waals surface area contributed by atoms with E-state index in [0.29, 0.717) is 17.8 Å². The number of aliphatic hydroxyl groups is 1. The summed E-state index contributed by atoms with van der Waals surface area (Å²) in [4.78, 5) is 12.9. The van der Waals surface area contributed by atoms with Gasteiger partial charge in [0.15, 0.2) is 0 Å². The van der Waals surface area contributed by atoms with Crippen LogP contribution in [0.25, 0.3) is 0 Å². The van der Waals surface area contributed by atoms with Gasteiger partial charge in [-0.2, -0.15) is 0 Å². The highest BCUT2D eigenvalue weighted by Crippen LogP contribution is 2.26. The minimum atomic E-state index is -0.424. The van der Waals surface area contributed by atoms with E-state index in [-0.39, 0.29) is 12.3 Å². The molecule has 1 aliphatic rings. The Hall–Kier alpha value is -2.86. The fourth-order valence-corrected chi connectivity index (χ4v) is 2.69. The molecule has 0 atom stereocenters. The standard InChI is InChI=1S/C18H19N3O3/c22-13-15-5-8-18(21(23)24)17(11-15)19-12-14-3-6-16(7-4-14)20-9-1-2-10-20/h1-8,11,19,22H,9-10,12-13H2. The van der Waals surface area contributed by atoms with Crippen LogP contribution in [0.2, 0.25) is 0 Å². The van der Waals surface area contributed by atoms with E-state index in [1.165, 1.54) is 6.07 Å². The Morgan fingerprint density at radius 2 is 1.75 bits per heavy atom. The van der Waals surface area contributed by atoms with E-state index in [1.54, 1.807) is 12.1 Å². The van der Waals surface area contributed by atoms with Crippen LogP contribution in [0.3, 0.4) is 0 Å². The molecule has 0 bridgehead atoms. The largest absolute Gasteiger partial charge is 0.392 e. The second-order valence-corrected chi connectivity index (χ2v) is 5.66. The molecule has 24 heavy (non-hydrogen) atoms. The lowest BCUT2D eigenvalue weighted by atomic mass is 10.1. The maximum Gasteiger partial charge on any atom is 0.292 e. The highest BCUT2D eigenvalue weighted by atomic mass is 16.6. The molecule has 0 fully saturated rings. The lowest BCUT2D eigenvalue weighted by Gasteiger charge is -2.18. The van der Waals surface area contributed by atoms with Crippen LogP contribution < -0.4 is 10.2 Å². The van der Waals surface area contributed by atoms with Crippen molar-refractivity contribution in [1.82, 2.24) is 0 Å². The number of hydrogen-bond acceptors (Lipinski definition) is 5. The number of nitro groups is 1. The van der Waals surface area contributed by atoms with Gasteiger partial charge in [0.05, 0.1) is 11.5 Å². The summed E-state index contributed by atoms with van der Waals surface area (Å²) in [6.45, 7) is 2.19. The van der Waals surface area contributed by atoms with Crippen LogP contribution in [0.4, 0.5) is 17.1 Å². The molecule has 0 saturated carbocycles. The van der Waals surface area contributed by atoms with E-state index in [1.807, 2.05) is 12.1 Å². The van der Waals surface area contributed by atoms with Crippen LogP contribution in [0.15, 0.2) is 54.6 Å². The Bertz CT molecular complexity index is 749. The van der Waals surface area contributed by atoms with Crippen LogP contribution >= 0.6 is 0 Å². The monoisotopic (exact) mass is 325 g/mol. The summed E-state index contributed by atoms with van der Waals surface area (Å²) in [5.74, 6) is 0. The molecule has 2 aromatic carbocycles. The maximum atomic E-state index is 11.1. The predicted octanol–water partition coefficient (Wildman–Crippen LogP) is 3.08. The zero-order chi connectivity index (χ0) is 16.9. The number of hydrogen-bond donors (Lipinski definition) is 2. The summed E-state index contributed by atoms with van der Waals surface area (Å²) in [5.41, 5.74) is 3.26. The molecule has 6 heteroatoms. The van der Waals surface area contributed by atoms with Crippen molar-refractivity contribution in [2.75, 3.05) is 23.3 Å². The van der Waals surface area contributed by atoms with Gasteiger partial charge in [0.1, 0.15) is 5.69 Å². The van der Waals surface area contributed by atoms with Gasteiger partial charge in [-0.3, -0.25) is 10.1 Å². The zero-order valence-corrected chi connectivity index (χ0v) is 13.2. The summed E-state index contributed by atoms with van der Waals surface area (Å²) in [6.07, 6.45) is 4.28. The second kappa shape index (κ2) is 7.14. The fraction of sp³-hybridized carbons (Fsp3) is 0.222. The smallest absolute Gasteiger partial charge is 0.292 e. The Morgan fingerprint density at radius 1 is 1.08 bits per heavy atom. The van der Waals surface area contributed by atoms with E-state index in [9.17, 15) is 15.2 Å². The van der Waals surface area contributed by atoms with Crippen molar-refractivity contribution in [3.8, 4) is 0 Å². The first-order chi connectivity index (χ1) is 11.7. The van der Waals surface area contributed by atoms with Gasteiger partial charge in [0.25, 0.3) is 5.69 Å². The van der Waals surface area contributed by atoms with E-state index in [4.69, 9.17) is 0 Å². The first kappa shape index (κ1) is 16.0. The fourth-order valence-electron chi connectivity index (χ4n) is 2.69. The van der Waals surface area contributed by atoms with Crippen molar-refractivity contribution >= 4 is 17.1 Å². The number of anilines is 2. The normalized spacial score (nSPS) is 13.3. The van der Waals surface area contributed by atoms with Crippen LogP contribution in [0, 0.1) is 10.1 Å². The third-order valence-corrected chi connectivity index (χ3v) is 4.04. The van der Waals surface area contributed by atoms with E-state index >= 15 is 0 Å². The average Bonchev–Trinajstić information content (AvgIpc) is 3.14. The Morgan fingerprint density at radius 3 is 2.38 bits per heavy atom. The van der Waals surface area contributed by atoms with Gasteiger partial charge in [0.2, 0.25) is 0 Å². The number of nitro benzene ring substituents is 1. The summed E-state index contributed by atoms with van der Waals surface area (Å²) in [7, 11) is 0. The van der Waals surface area contributed by atoms with Crippen molar-refractivity contribution < 1.29 is 10.0 Å². The van der Waals surface area contributed by atoms with Crippen LogP contribution in [0.5, 0.6) is 0 Å². The molecular weight excluding hydrogens is 306 g/mol. The summed E-state index contributed by atoms with van der Waals surface area (Å²) in [5, 5.41) is 23.4. The number of rotatable bonds is 6. The van der Waals surface area contributed by atoms with Crippen LogP contribution in [-0.2, 0) is 13.2 Å². The van der Waals surface area contributed by atoms with Gasteiger partial charge in [-0.25, -0.2) is 0 Å². The molecule has 6 nitrogen and oxygen atoms in total. The minimum absolute atomic E-state index is 0.00645. The third kappa shape index (κ3) is 3.55. The molecule has 0 radical (unpaired) electrons. The van der Waals surface area contributed by atoms with E-state index in [2.05, 4.69) is 34.5 Å². The quantitative estimate of drug-likeness (QED) is 0.485. The topological polar surface area (TPSA) is 78.6 Å². The van der Waals surface area contributed by atoms with Crippen LogP contribution in [-0.4, -0.2) is 23.1 Å².